The van der Waals surface area contributed by atoms with E-state index in [9.17, 15) is 10.1 Å². The Hall–Kier alpha value is -2.21. The van der Waals surface area contributed by atoms with E-state index in [-0.39, 0.29) is 10.6 Å². The van der Waals surface area contributed by atoms with Gasteiger partial charge in [-0.1, -0.05) is 6.07 Å². The lowest BCUT2D eigenvalue weighted by Crippen LogP contribution is -2.24. The number of nitro benzene ring substituents is 1. The van der Waals surface area contributed by atoms with Gasteiger partial charge in [0.25, 0.3) is 5.69 Å². The molecule has 1 aromatic heterocycles. The molecule has 1 N–H and O–H groups in total. The van der Waals surface area contributed by atoms with Crippen LogP contribution >= 0.6 is 0 Å². The van der Waals surface area contributed by atoms with Crippen LogP contribution in [0.2, 0.25) is 0 Å². The van der Waals surface area contributed by atoms with E-state index in [1.54, 1.807) is 16.8 Å². The molecule has 0 bridgehead atoms. The van der Waals surface area contributed by atoms with E-state index < -0.39 is 0 Å². The Labute approximate surface area is 103 Å². The molecule has 1 aliphatic heterocycles. The summed E-state index contributed by atoms with van der Waals surface area (Å²) < 4.78 is 1.79. The first kappa shape index (κ1) is 10.9. The Kier molecular flexibility index (Phi) is 2.56. The Balaban J connectivity index is 2.07. The number of aromatic nitrogens is 2. The number of nitrogens with zero attached hydrogens (tertiary/aromatic N) is 3. The molecule has 6 nitrogen and oxygen atoms in total. The normalized spacial score (nSPS) is 14.2. The van der Waals surface area contributed by atoms with E-state index in [1.165, 1.54) is 6.07 Å². The first-order valence-electron chi connectivity index (χ1n) is 5.77. The maximum atomic E-state index is 10.8. The molecule has 0 radical (unpaired) electrons. The lowest BCUT2D eigenvalue weighted by molar-refractivity contribution is -0.384. The van der Waals surface area contributed by atoms with Crippen molar-refractivity contribution in [2.75, 3.05) is 6.54 Å². The molecule has 2 aromatic rings. The van der Waals surface area contributed by atoms with Crippen LogP contribution in [-0.4, -0.2) is 21.2 Å². The zero-order valence-electron chi connectivity index (χ0n) is 9.67. The van der Waals surface area contributed by atoms with Crippen molar-refractivity contribution in [3.05, 3.63) is 51.8 Å². The van der Waals surface area contributed by atoms with E-state index in [4.69, 9.17) is 0 Å². The van der Waals surface area contributed by atoms with Crippen molar-refractivity contribution in [2.24, 2.45) is 0 Å². The summed E-state index contributed by atoms with van der Waals surface area (Å²) in [4.78, 5) is 10.4. The number of non-ortho nitro benzene ring substituents is 1. The largest absolute Gasteiger partial charge is 0.312 e. The quantitative estimate of drug-likeness (QED) is 0.640. The molecule has 18 heavy (non-hydrogen) atoms. The second-order valence-electron chi connectivity index (χ2n) is 4.23. The molecule has 3 rings (SSSR count). The molecule has 0 aliphatic carbocycles. The zero-order valence-corrected chi connectivity index (χ0v) is 9.67. The van der Waals surface area contributed by atoms with E-state index in [1.807, 2.05) is 12.3 Å². The minimum atomic E-state index is -0.388. The highest BCUT2D eigenvalue weighted by atomic mass is 16.6. The SMILES string of the molecule is O=[N+]([O-])c1cccc(-n2ncc3c2CCNC3)c1. The minimum absolute atomic E-state index is 0.0886. The zero-order chi connectivity index (χ0) is 12.5. The molecule has 0 saturated carbocycles. The van der Waals surface area contributed by atoms with Gasteiger partial charge in [0.15, 0.2) is 0 Å². The minimum Gasteiger partial charge on any atom is -0.312 e. The van der Waals surface area contributed by atoms with Crippen LogP contribution in [0, 0.1) is 10.1 Å². The van der Waals surface area contributed by atoms with Crippen molar-refractivity contribution in [2.45, 2.75) is 13.0 Å². The number of benzene rings is 1. The highest BCUT2D eigenvalue weighted by molar-refractivity contribution is 5.44. The monoisotopic (exact) mass is 244 g/mol. The van der Waals surface area contributed by atoms with E-state index in [2.05, 4.69) is 10.4 Å². The lowest BCUT2D eigenvalue weighted by atomic mass is 10.1. The van der Waals surface area contributed by atoms with E-state index in [0.29, 0.717) is 0 Å². The summed E-state index contributed by atoms with van der Waals surface area (Å²) >= 11 is 0. The fourth-order valence-electron chi connectivity index (χ4n) is 2.21. The number of nitrogens with one attached hydrogen (secondary N) is 1. The van der Waals surface area contributed by atoms with E-state index in [0.717, 1.165) is 36.5 Å². The molecule has 0 saturated heterocycles. The van der Waals surface area contributed by atoms with Gasteiger partial charge in [0.05, 0.1) is 16.8 Å². The summed E-state index contributed by atoms with van der Waals surface area (Å²) in [5, 5.41) is 18.4. The number of hydrogen-bond donors (Lipinski definition) is 1. The number of nitro groups is 1. The highest BCUT2D eigenvalue weighted by Gasteiger charge is 2.16. The summed E-state index contributed by atoms with van der Waals surface area (Å²) in [5.41, 5.74) is 3.13. The molecule has 0 amide bonds. The fraction of sp³-hybridized carbons (Fsp3) is 0.250. The van der Waals surface area contributed by atoms with Crippen molar-refractivity contribution in [1.82, 2.24) is 15.1 Å². The summed E-state index contributed by atoms with van der Waals surface area (Å²) in [6.45, 7) is 1.72. The summed E-state index contributed by atoms with van der Waals surface area (Å²) in [6, 6.07) is 6.56. The first-order chi connectivity index (χ1) is 8.75. The van der Waals surface area contributed by atoms with Crippen LogP contribution in [0.15, 0.2) is 30.5 Å². The fourth-order valence-corrected chi connectivity index (χ4v) is 2.21. The van der Waals surface area contributed by atoms with Gasteiger partial charge in [0.2, 0.25) is 0 Å². The van der Waals surface area contributed by atoms with Gasteiger partial charge in [0, 0.05) is 42.9 Å². The maximum absolute atomic E-state index is 10.8. The van der Waals surface area contributed by atoms with Gasteiger partial charge in [-0.3, -0.25) is 10.1 Å². The third kappa shape index (κ3) is 1.76. The smallest absolute Gasteiger partial charge is 0.271 e. The molecule has 0 fully saturated rings. The Morgan fingerprint density at radius 2 is 2.33 bits per heavy atom. The van der Waals surface area contributed by atoms with Crippen LogP contribution in [0.5, 0.6) is 0 Å². The van der Waals surface area contributed by atoms with Crippen LogP contribution in [0.25, 0.3) is 5.69 Å². The molecule has 6 heteroatoms. The number of fused-ring (bicyclic) bond motifs is 1. The van der Waals surface area contributed by atoms with E-state index >= 15 is 0 Å². The number of rotatable bonds is 2. The molecule has 0 unspecified atom stereocenters. The maximum Gasteiger partial charge on any atom is 0.271 e. The Morgan fingerprint density at radius 3 is 3.17 bits per heavy atom. The summed E-state index contributed by atoms with van der Waals surface area (Å²) in [5.74, 6) is 0. The van der Waals surface area contributed by atoms with Crippen LogP contribution in [0.4, 0.5) is 5.69 Å². The van der Waals surface area contributed by atoms with Crippen molar-refractivity contribution in [1.29, 1.82) is 0 Å². The predicted octanol–water partition coefficient (Wildman–Crippen LogP) is 1.43. The van der Waals surface area contributed by atoms with Crippen LogP contribution in [0.1, 0.15) is 11.3 Å². The van der Waals surface area contributed by atoms with Crippen molar-refractivity contribution in [3.63, 3.8) is 0 Å². The molecule has 0 spiro atoms. The molecule has 2 heterocycles. The van der Waals surface area contributed by atoms with Crippen LogP contribution in [-0.2, 0) is 13.0 Å². The predicted molar refractivity (Wildman–Crippen MR) is 65.6 cm³/mol. The average Bonchev–Trinajstić information content (AvgIpc) is 2.82. The highest BCUT2D eigenvalue weighted by Crippen LogP contribution is 2.21. The Morgan fingerprint density at radius 1 is 1.44 bits per heavy atom. The lowest BCUT2D eigenvalue weighted by Gasteiger charge is -2.14. The average molecular weight is 244 g/mol. The van der Waals surface area contributed by atoms with Crippen LogP contribution in [0.3, 0.4) is 0 Å². The topological polar surface area (TPSA) is 73.0 Å². The number of hydrogen-bond acceptors (Lipinski definition) is 4. The van der Waals surface area contributed by atoms with Gasteiger partial charge >= 0.3 is 0 Å². The first-order valence-corrected chi connectivity index (χ1v) is 5.77. The molecule has 1 aromatic carbocycles. The van der Waals surface area contributed by atoms with Gasteiger partial charge in [0.1, 0.15) is 0 Å². The standard InChI is InChI=1S/C12H12N4O2/c17-16(18)11-3-1-2-10(6-11)15-12-4-5-13-7-9(12)8-14-15/h1-3,6,8,13H,4-5,7H2. The van der Waals surface area contributed by atoms with Crippen LogP contribution < -0.4 is 5.32 Å². The molecule has 1 aliphatic rings. The molecule has 92 valence electrons. The van der Waals surface area contributed by atoms with Gasteiger partial charge < -0.3 is 5.32 Å². The molecular weight excluding hydrogens is 232 g/mol. The van der Waals surface area contributed by atoms with Crippen molar-refractivity contribution >= 4 is 5.69 Å². The van der Waals surface area contributed by atoms with Crippen molar-refractivity contribution in [3.8, 4) is 5.69 Å². The van der Waals surface area contributed by atoms with Gasteiger partial charge in [-0.2, -0.15) is 5.10 Å². The molecule has 0 atom stereocenters. The van der Waals surface area contributed by atoms with Gasteiger partial charge in [-0.25, -0.2) is 4.68 Å². The van der Waals surface area contributed by atoms with Crippen molar-refractivity contribution < 1.29 is 4.92 Å². The summed E-state index contributed by atoms with van der Waals surface area (Å²) in [7, 11) is 0. The molecular formula is C12H12N4O2. The Bertz CT molecular complexity index is 606. The van der Waals surface area contributed by atoms with Gasteiger partial charge in [-0.05, 0) is 6.07 Å². The summed E-state index contributed by atoms with van der Waals surface area (Å²) in [6.07, 6.45) is 2.71. The third-order valence-electron chi connectivity index (χ3n) is 3.09. The van der Waals surface area contributed by atoms with Gasteiger partial charge in [-0.15, -0.1) is 0 Å². The second-order valence-corrected chi connectivity index (χ2v) is 4.23. The second kappa shape index (κ2) is 4.23. The third-order valence-corrected chi connectivity index (χ3v) is 3.09.